The molecule has 0 unspecified atom stereocenters. The quantitative estimate of drug-likeness (QED) is 0.919. The number of aryl methyl sites for hydroxylation is 2. The zero-order chi connectivity index (χ0) is 14.1. The maximum absolute atomic E-state index is 6.17. The molecule has 1 atom stereocenters. The molecule has 2 aromatic rings. The molecule has 3 rings (SSSR count). The van der Waals surface area contributed by atoms with Crippen LogP contribution in [0.4, 0.5) is 0 Å². The van der Waals surface area contributed by atoms with E-state index in [2.05, 4.69) is 55.6 Å². The Hall–Kier alpha value is -1.80. The molecule has 1 heterocycles. The number of hydrogen-bond donors (Lipinski definition) is 1. The molecule has 0 bridgehead atoms. The van der Waals surface area contributed by atoms with Crippen LogP contribution in [0.2, 0.25) is 0 Å². The first-order chi connectivity index (χ1) is 9.69. The minimum absolute atomic E-state index is 0.251. The Morgan fingerprint density at radius 3 is 2.80 bits per heavy atom. The first kappa shape index (κ1) is 13.2. The summed E-state index contributed by atoms with van der Waals surface area (Å²) in [4.78, 5) is 0. The molecule has 0 spiro atoms. The van der Waals surface area contributed by atoms with Gasteiger partial charge >= 0.3 is 0 Å². The highest BCUT2D eigenvalue weighted by atomic mass is 16.5. The van der Waals surface area contributed by atoms with Gasteiger partial charge in [-0.1, -0.05) is 42.0 Å². The fraction of sp³-hybridized carbons (Fsp3) is 0.333. The van der Waals surface area contributed by atoms with Crippen molar-refractivity contribution >= 4 is 0 Å². The van der Waals surface area contributed by atoms with Crippen molar-refractivity contribution in [1.29, 1.82) is 0 Å². The van der Waals surface area contributed by atoms with Gasteiger partial charge in [0.05, 0.1) is 0 Å². The minimum Gasteiger partial charge on any atom is -0.488 e. The zero-order valence-corrected chi connectivity index (χ0v) is 12.4. The molecule has 0 aromatic heterocycles. The average Bonchev–Trinajstić information content (AvgIpc) is 2.84. The molecule has 2 aromatic carbocycles. The first-order valence-corrected chi connectivity index (χ1v) is 7.20. The second-order valence-electron chi connectivity index (χ2n) is 5.61. The van der Waals surface area contributed by atoms with Crippen LogP contribution in [-0.2, 0) is 6.42 Å². The number of hydrogen-bond acceptors (Lipinski definition) is 2. The van der Waals surface area contributed by atoms with E-state index in [1.54, 1.807) is 0 Å². The molecule has 1 aliphatic rings. The Morgan fingerprint density at radius 1 is 1.15 bits per heavy atom. The number of fused-ring (bicyclic) bond motifs is 1. The van der Waals surface area contributed by atoms with Crippen LogP contribution >= 0.6 is 0 Å². The first-order valence-electron chi connectivity index (χ1n) is 7.20. The van der Waals surface area contributed by atoms with Crippen molar-refractivity contribution in [1.82, 2.24) is 5.32 Å². The van der Waals surface area contributed by atoms with Crippen molar-refractivity contribution in [3.05, 3.63) is 53.1 Å². The van der Waals surface area contributed by atoms with Crippen LogP contribution in [0.15, 0.2) is 36.4 Å². The van der Waals surface area contributed by atoms with E-state index in [9.17, 15) is 0 Å². The lowest BCUT2D eigenvalue weighted by Crippen LogP contribution is -2.27. The Kier molecular flexibility index (Phi) is 3.49. The van der Waals surface area contributed by atoms with E-state index in [0.717, 1.165) is 18.7 Å². The molecule has 1 N–H and O–H groups in total. The standard InChI is InChI=1S/C18H21NO/c1-12-7-8-13(2)17(9-12)16-6-4-5-14-10-15(11-19-3)20-18(14)16/h4-9,15,19H,10-11H2,1-3H3/t15-/m0/s1. The third-order valence-electron chi connectivity index (χ3n) is 3.94. The monoisotopic (exact) mass is 267 g/mol. The highest BCUT2D eigenvalue weighted by molar-refractivity contribution is 5.76. The number of ether oxygens (including phenoxy) is 1. The van der Waals surface area contributed by atoms with E-state index >= 15 is 0 Å². The smallest absolute Gasteiger partial charge is 0.130 e. The summed E-state index contributed by atoms with van der Waals surface area (Å²) in [6, 6.07) is 13.1. The highest BCUT2D eigenvalue weighted by Crippen LogP contribution is 2.40. The summed E-state index contributed by atoms with van der Waals surface area (Å²) < 4.78 is 6.17. The van der Waals surface area contributed by atoms with E-state index in [4.69, 9.17) is 4.74 Å². The second kappa shape index (κ2) is 5.29. The number of para-hydroxylation sites is 1. The van der Waals surface area contributed by atoms with E-state index < -0.39 is 0 Å². The zero-order valence-electron chi connectivity index (χ0n) is 12.4. The number of rotatable bonds is 3. The Bertz CT molecular complexity index is 633. The molecule has 0 radical (unpaired) electrons. The third-order valence-corrected chi connectivity index (χ3v) is 3.94. The molecule has 0 amide bonds. The molecule has 0 saturated carbocycles. The molecule has 104 valence electrons. The highest BCUT2D eigenvalue weighted by Gasteiger charge is 2.25. The van der Waals surface area contributed by atoms with E-state index in [-0.39, 0.29) is 6.10 Å². The van der Waals surface area contributed by atoms with Crippen LogP contribution in [0.25, 0.3) is 11.1 Å². The van der Waals surface area contributed by atoms with Crippen LogP contribution in [0.5, 0.6) is 5.75 Å². The van der Waals surface area contributed by atoms with Crippen molar-refractivity contribution in [3.63, 3.8) is 0 Å². The van der Waals surface area contributed by atoms with Crippen LogP contribution in [0.1, 0.15) is 16.7 Å². The molecule has 20 heavy (non-hydrogen) atoms. The topological polar surface area (TPSA) is 21.3 Å². The van der Waals surface area contributed by atoms with Gasteiger partial charge in [-0.15, -0.1) is 0 Å². The molecule has 0 saturated heterocycles. The fourth-order valence-electron chi connectivity index (χ4n) is 2.92. The molecule has 0 aliphatic carbocycles. The minimum atomic E-state index is 0.251. The lowest BCUT2D eigenvalue weighted by molar-refractivity contribution is 0.232. The van der Waals surface area contributed by atoms with Gasteiger partial charge < -0.3 is 10.1 Å². The van der Waals surface area contributed by atoms with Gasteiger partial charge in [-0.3, -0.25) is 0 Å². The van der Waals surface area contributed by atoms with Crippen molar-refractivity contribution in [2.75, 3.05) is 13.6 Å². The number of nitrogens with one attached hydrogen (secondary N) is 1. The largest absolute Gasteiger partial charge is 0.488 e. The molecular weight excluding hydrogens is 246 g/mol. The van der Waals surface area contributed by atoms with Crippen LogP contribution in [0.3, 0.4) is 0 Å². The van der Waals surface area contributed by atoms with Crippen LogP contribution < -0.4 is 10.1 Å². The maximum Gasteiger partial charge on any atom is 0.130 e. The van der Waals surface area contributed by atoms with Gasteiger partial charge in [0.2, 0.25) is 0 Å². The van der Waals surface area contributed by atoms with Gasteiger partial charge in [-0.2, -0.15) is 0 Å². The average molecular weight is 267 g/mol. The van der Waals surface area contributed by atoms with Gasteiger partial charge in [-0.05, 0) is 37.6 Å². The Morgan fingerprint density at radius 2 is 2.00 bits per heavy atom. The van der Waals surface area contributed by atoms with E-state index in [1.165, 1.54) is 27.8 Å². The predicted octanol–water partition coefficient (Wildman–Crippen LogP) is 3.49. The third kappa shape index (κ3) is 2.32. The number of benzene rings is 2. The summed E-state index contributed by atoms with van der Waals surface area (Å²) in [7, 11) is 1.97. The molecule has 2 nitrogen and oxygen atoms in total. The summed E-state index contributed by atoms with van der Waals surface area (Å²) in [5.74, 6) is 1.07. The van der Waals surface area contributed by atoms with Gasteiger partial charge in [0.1, 0.15) is 11.9 Å². The van der Waals surface area contributed by atoms with E-state index in [1.807, 2.05) is 7.05 Å². The Balaban J connectivity index is 2.05. The summed E-state index contributed by atoms with van der Waals surface area (Å²) in [5.41, 5.74) is 6.41. The van der Waals surface area contributed by atoms with Crippen molar-refractivity contribution < 1.29 is 4.74 Å². The van der Waals surface area contributed by atoms with Crippen LogP contribution in [-0.4, -0.2) is 19.7 Å². The lowest BCUT2D eigenvalue weighted by Gasteiger charge is -2.14. The van der Waals surface area contributed by atoms with E-state index in [0.29, 0.717) is 0 Å². The van der Waals surface area contributed by atoms with Gasteiger partial charge in [0.25, 0.3) is 0 Å². The molecular formula is C18H21NO. The predicted molar refractivity (Wildman–Crippen MR) is 83.4 cm³/mol. The van der Waals surface area contributed by atoms with Crippen molar-refractivity contribution in [3.8, 4) is 16.9 Å². The molecule has 1 aliphatic heterocycles. The summed E-state index contributed by atoms with van der Waals surface area (Å²) in [5, 5.41) is 3.20. The summed E-state index contributed by atoms with van der Waals surface area (Å²) in [6.45, 7) is 5.19. The fourth-order valence-corrected chi connectivity index (χ4v) is 2.92. The van der Waals surface area contributed by atoms with Crippen molar-refractivity contribution in [2.45, 2.75) is 26.4 Å². The van der Waals surface area contributed by atoms with Crippen molar-refractivity contribution in [2.24, 2.45) is 0 Å². The lowest BCUT2D eigenvalue weighted by atomic mass is 9.96. The van der Waals surface area contributed by atoms with Gasteiger partial charge in [-0.25, -0.2) is 0 Å². The van der Waals surface area contributed by atoms with Crippen LogP contribution in [0, 0.1) is 13.8 Å². The summed E-state index contributed by atoms with van der Waals surface area (Å²) in [6.07, 6.45) is 1.25. The Labute approximate surface area is 120 Å². The molecule has 2 heteroatoms. The molecule has 0 fully saturated rings. The van der Waals surface area contributed by atoms with Gasteiger partial charge in [0, 0.05) is 18.5 Å². The maximum atomic E-state index is 6.17. The normalized spacial score (nSPS) is 16.9. The summed E-state index contributed by atoms with van der Waals surface area (Å²) >= 11 is 0. The second-order valence-corrected chi connectivity index (χ2v) is 5.61. The number of likely N-dealkylation sites (N-methyl/N-ethyl adjacent to an activating group) is 1. The SMILES string of the molecule is CNC[C@@H]1Cc2cccc(-c3cc(C)ccc3C)c2O1. The van der Waals surface area contributed by atoms with Gasteiger partial charge in [0.15, 0.2) is 0 Å².